The lowest BCUT2D eigenvalue weighted by Crippen LogP contribution is -2.37. The molecule has 0 atom stereocenters. The smallest absolute Gasteiger partial charge is 0.0196 e. The summed E-state index contributed by atoms with van der Waals surface area (Å²) in [5, 5.41) is 3.32. The molecule has 1 saturated carbocycles. The van der Waals surface area contributed by atoms with Gasteiger partial charge in [-0.3, -0.25) is 4.90 Å². The third-order valence-electron chi connectivity index (χ3n) is 3.29. The summed E-state index contributed by atoms with van der Waals surface area (Å²) in [5.41, 5.74) is 3.26. The molecule has 1 saturated heterocycles. The van der Waals surface area contributed by atoms with Crippen molar-refractivity contribution in [3.8, 4) is 0 Å². The number of hydrogen-bond acceptors (Lipinski definition) is 2. The van der Waals surface area contributed by atoms with Gasteiger partial charge in [0.05, 0.1) is 0 Å². The van der Waals surface area contributed by atoms with Crippen molar-refractivity contribution < 1.29 is 0 Å². The lowest BCUT2D eigenvalue weighted by Gasteiger charge is -2.27. The van der Waals surface area contributed by atoms with Crippen molar-refractivity contribution in [2.24, 2.45) is 0 Å². The van der Waals surface area contributed by atoms with Crippen LogP contribution in [0.4, 0.5) is 0 Å². The molecule has 2 aliphatic rings. The van der Waals surface area contributed by atoms with Crippen LogP contribution in [-0.4, -0.2) is 37.1 Å². The highest BCUT2D eigenvalue weighted by molar-refractivity contribution is 5.22. The lowest BCUT2D eigenvalue weighted by atomic mass is 10.0. The molecule has 0 amide bonds. The molecule has 0 spiro atoms. The zero-order valence-corrected chi connectivity index (χ0v) is 9.47. The highest BCUT2D eigenvalue weighted by Crippen LogP contribution is 2.28. The first-order valence-electron chi connectivity index (χ1n) is 5.93. The van der Waals surface area contributed by atoms with Gasteiger partial charge in [-0.1, -0.05) is 12.5 Å². The van der Waals surface area contributed by atoms with Gasteiger partial charge in [0.15, 0.2) is 0 Å². The minimum absolute atomic E-state index is 0.915. The fourth-order valence-electron chi connectivity index (χ4n) is 2.09. The van der Waals surface area contributed by atoms with E-state index >= 15 is 0 Å². The average molecular weight is 194 g/mol. The Morgan fingerprint density at radius 1 is 1.43 bits per heavy atom. The van der Waals surface area contributed by atoms with Crippen LogP contribution in [0, 0.1) is 0 Å². The molecule has 0 radical (unpaired) electrons. The second-order valence-corrected chi connectivity index (χ2v) is 4.69. The van der Waals surface area contributed by atoms with E-state index in [0.29, 0.717) is 0 Å². The third kappa shape index (κ3) is 2.37. The van der Waals surface area contributed by atoms with Crippen molar-refractivity contribution in [2.45, 2.75) is 39.2 Å². The summed E-state index contributed by atoms with van der Waals surface area (Å²) < 4.78 is 0. The Balaban J connectivity index is 1.86. The van der Waals surface area contributed by atoms with Crippen molar-refractivity contribution >= 4 is 0 Å². The normalized spacial score (nSPS) is 21.2. The van der Waals surface area contributed by atoms with Gasteiger partial charge >= 0.3 is 0 Å². The van der Waals surface area contributed by atoms with E-state index in [0.717, 1.165) is 19.1 Å². The van der Waals surface area contributed by atoms with Gasteiger partial charge in [-0.2, -0.15) is 0 Å². The van der Waals surface area contributed by atoms with Crippen molar-refractivity contribution in [3.05, 3.63) is 11.1 Å². The van der Waals surface area contributed by atoms with E-state index in [-0.39, 0.29) is 0 Å². The molecule has 14 heavy (non-hydrogen) atoms. The van der Waals surface area contributed by atoms with E-state index in [2.05, 4.69) is 24.1 Å². The van der Waals surface area contributed by atoms with Crippen LogP contribution >= 0.6 is 0 Å². The van der Waals surface area contributed by atoms with E-state index in [1.54, 1.807) is 11.1 Å². The van der Waals surface area contributed by atoms with Gasteiger partial charge in [0.1, 0.15) is 0 Å². The van der Waals surface area contributed by atoms with Crippen molar-refractivity contribution in [2.75, 3.05) is 26.2 Å². The summed E-state index contributed by atoms with van der Waals surface area (Å²) in [6.07, 6.45) is 4.15. The van der Waals surface area contributed by atoms with Gasteiger partial charge < -0.3 is 5.32 Å². The van der Waals surface area contributed by atoms with Crippen molar-refractivity contribution in [1.29, 1.82) is 0 Å². The maximum absolute atomic E-state index is 3.32. The van der Waals surface area contributed by atoms with Crippen molar-refractivity contribution in [1.82, 2.24) is 10.2 Å². The molecule has 1 aliphatic heterocycles. The monoisotopic (exact) mass is 194 g/mol. The fourth-order valence-corrected chi connectivity index (χ4v) is 2.09. The molecular formula is C12H22N2. The number of nitrogens with zero attached hydrogens (tertiary/aromatic N) is 1. The molecule has 0 unspecified atom stereocenters. The molecule has 2 fully saturated rings. The van der Waals surface area contributed by atoms with Crippen LogP contribution in [0.5, 0.6) is 0 Å². The van der Waals surface area contributed by atoms with Crippen LogP contribution in [0.15, 0.2) is 11.1 Å². The number of rotatable bonds is 5. The van der Waals surface area contributed by atoms with E-state index in [1.165, 1.54) is 32.4 Å². The maximum Gasteiger partial charge on any atom is 0.0196 e. The Kier molecular flexibility index (Phi) is 3.24. The van der Waals surface area contributed by atoms with Gasteiger partial charge in [-0.25, -0.2) is 0 Å². The Morgan fingerprint density at radius 3 is 2.57 bits per heavy atom. The van der Waals surface area contributed by atoms with E-state index < -0.39 is 0 Å². The summed E-state index contributed by atoms with van der Waals surface area (Å²) in [5.74, 6) is 0. The quantitative estimate of drug-likeness (QED) is 0.671. The molecule has 0 aromatic rings. The molecular weight excluding hydrogens is 172 g/mol. The summed E-state index contributed by atoms with van der Waals surface area (Å²) >= 11 is 0. The third-order valence-corrected chi connectivity index (χ3v) is 3.29. The predicted molar refractivity (Wildman–Crippen MR) is 60.5 cm³/mol. The van der Waals surface area contributed by atoms with Gasteiger partial charge in [0, 0.05) is 25.7 Å². The first-order chi connectivity index (χ1) is 6.81. The fraction of sp³-hybridized carbons (Fsp3) is 0.833. The lowest BCUT2D eigenvalue weighted by molar-refractivity contribution is 0.284. The largest absolute Gasteiger partial charge is 0.309 e. The zero-order valence-electron chi connectivity index (χ0n) is 9.47. The minimum atomic E-state index is 0.915. The van der Waals surface area contributed by atoms with Crippen molar-refractivity contribution in [3.63, 3.8) is 0 Å². The van der Waals surface area contributed by atoms with E-state index in [9.17, 15) is 0 Å². The molecule has 80 valence electrons. The number of nitrogens with one attached hydrogen (secondary N) is 1. The molecule has 2 rings (SSSR count). The first-order valence-corrected chi connectivity index (χ1v) is 5.93. The van der Waals surface area contributed by atoms with Crippen LogP contribution < -0.4 is 5.32 Å². The van der Waals surface area contributed by atoms with Crippen LogP contribution in [0.3, 0.4) is 0 Å². The molecule has 1 N–H and O–H groups in total. The zero-order chi connectivity index (χ0) is 9.97. The van der Waals surface area contributed by atoms with Gasteiger partial charge in [-0.15, -0.1) is 0 Å². The molecule has 2 heteroatoms. The predicted octanol–water partition coefficient (Wildman–Crippen LogP) is 1.78. The van der Waals surface area contributed by atoms with Crippen LogP contribution in [-0.2, 0) is 0 Å². The second kappa shape index (κ2) is 4.45. The second-order valence-electron chi connectivity index (χ2n) is 4.69. The Bertz CT molecular complexity index is 222. The molecule has 2 nitrogen and oxygen atoms in total. The summed E-state index contributed by atoms with van der Waals surface area (Å²) in [7, 11) is 0. The Hall–Kier alpha value is -0.340. The topological polar surface area (TPSA) is 15.3 Å². The van der Waals surface area contributed by atoms with Gasteiger partial charge in [0.2, 0.25) is 0 Å². The molecule has 0 aromatic carbocycles. The van der Waals surface area contributed by atoms with Gasteiger partial charge in [0.25, 0.3) is 0 Å². The van der Waals surface area contributed by atoms with Gasteiger partial charge in [-0.05, 0) is 38.3 Å². The number of hydrogen-bond donors (Lipinski definition) is 1. The van der Waals surface area contributed by atoms with Crippen LogP contribution in [0.1, 0.15) is 33.1 Å². The Morgan fingerprint density at radius 2 is 2.14 bits per heavy atom. The molecule has 1 heterocycles. The maximum atomic E-state index is 3.32. The molecule has 0 bridgehead atoms. The Labute approximate surface area is 87.4 Å². The minimum Gasteiger partial charge on any atom is -0.309 e. The standard InChI is InChI=1S/C12H22N2/c1-3-6-14(12-4-5-12)9-10(2)11-7-13-8-11/h12-13H,3-9H2,1-2H3. The highest BCUT2D eigenvalue weighted by Gasteiger charge is 2.28. The highest BCUT2D eigenvalue weighted by atomic mass is 15.2. The van der Waals surface area contributed by atoms with E-state index in [4.69, 9.17) is 0 Å². The SMILES string of the molecule is CCCN(CC(C)=C1CNC1)C1CC1. The first kappa shape index (κ1) is 10.2. The summed E-state index contributed by atoms with van der Waals surface area (Å²) in [4.78, 5) is 2.67. The average Bonchev–Trinajstić information content (AvgIpc) is 2.81. The molecule has 0 aromatic heterocycles. The van der Waals surface area contributed by atoms with Crippen LogP contribution in [0.25, 0.3) is 0 Å². The summed E-state index contributed by atoms with van der Waals surface area (Å²) in [6.45, 7) is 9.36. The van der Waals surface area contributed by atoms with Crippen LogP contribution in [0.2, 0.25) is 0 Å². The summed E-state index contributed by atoms with van der Waals surface area (Å²) in [6, 6.07) is 0.915. The van der Waals surface area contributed by atoms with E-state index in [1.807, 2.05) is 0 Å². The molecule has 1 aliphatic carbocycles.